The van der Waals surface area contributed by atoms with E-state index in [1.54, 1.807) is 6.92 Å². The monoisotopic (exact) mass is 347 g/mol. The molecule has 138 valence electrons. The van der Waals surface area contributed by atoms with Crippen molar-refractivity contribution in [1.29, 1.82) is 0 Å². The Balaban J connectivity index is 2.02. The van der Waals surface area contributed by atoms with Crippen LogP contribution in [0.4, 0.5) is 0 Å². The van der Waals surface area contributed by atoms with Crippen molar-refractivity contribution in [3.8, 4) is 11.5 Å². The van der Waals surface area contributed by atoms with Crippen molar-refractivity contribution in [3.63, 3.8) is 0 Å². The van der Waals surface area contributed by atoms with Gasteiger partial charge in [-0.25, -0.2) is 0 Å². The Bertz CT molecular complexity index is 666. The Morgan fingerprint density at radius 1 is 1.20 bits per heavy atom. The first kappa shape index (κ1) is 19.3. The summed E-state index contributed by atoms with van der Waals surface area (Å²) >= 11 is 0. The van der Waals surface area contributed by atoms with Crippen LogP contribution in [0.3, 0.4) is 0 Å². The molecule has 0 radical (unpaired) electrons. The first-order chi connectivity index (χ1) is 11.8. The lowest BCUT2D eigenvalue weighted by Gasteiger charge is -2.29. The SMILES string of the molecule is CC(=O)CCCNC(=O)COc1c(C)c(C)c2c(c1C)CCC(C)O2. The fourth-order valence-electron chi connectivity index (χ4n) is 3.19. The van der Waals surface area contributed by atoms with Gasteiger partial charge in [-0.3, -0.25) is 4.79 Å². The second-order valence-electron chi connectivity index (χ2n) is 6.92. The van der Waals surface area contributed by atoms with Crippen LogP contribution in [0.2, 0.25) is 0 Å². The van der Waals surface area contributed by atoms with Gasteiger partial charge < -0.3 is 19.6 Å². The Kier molecular flexibility index (Phi) is 6.45. The van der Waals surface area contributed by atoms with Crippen molar-refractivity contribution in [2.45, 2.75) is 66.4 Å². The molecule has 0 fully saturated rings. The molecule has 0 aliphatic carbocycles. The first-order valence-electron chi connectivity index (χ1n) is 8.99. The van der Waals surface area contributed by atoms with Crippen molar-refractivity contribution in [2.24, 2.45) is 0 Å². The van der Waals surface area contributed by atoms with Crippen molar-refractivity contribution in [3.05, 3.63) is 22.3 Å². The van der Waals surface area contributed by atoms with Crippen molar-refractivity contribution in [2.75, 3.05) is 13.2 Å². The fourth-order valence-corrected chi connectivity index (χ4v) is 3.19. The number of ether oxygens (including phenoxy) is 2. The van der Waals surface area contributed by atoms with E-state index in [2.05, 4.69) is 12.2 Å². The van der Waals surface area contributed by atoms with Crippen molar-refractivity contribution >= 4 is 11.7 Å². The molecule has 5 heteroatoms. The molecule has 0 spiro atoms. The molecule has 1 aliphatic heterocycles. The van der Waals surface area contributed by atoms with Crippen LogP contribution in [-0.4, -0.2) is 30.9 Å². The highest BCUT2D eigenvalue weighted by Crippen LogP contribution is 2.41. The number of carbonyl (C=O) groups excluding carboxylic acids is 2. The fraction of sp³-hybridized carbons (Fsp3) is 0.600. The minimum absolute atomic E-state index is 0.0166. The number of ketones is 1. The maximum Gasteiger partial charge on any atom is 0.257 e. The number of hydrogen-bond donors (Lipinski definition) is 1. The van der Waals surface area contributed by atoms with Crippen LogP contribution in [0.15, 0.2) is 0 Å². The number of fused-ring (bicyclic) bond motifs is 1. The van der Waals surface area contributed by atoms with Gasteiger partial charge in [0.2, 0.25) is 0 Å². The summed E-state index contributed by atoms with van der Waals surface area (Å²) in [6.45, 7) is 10.2. The highest BCUT2D eigenvalue weighted by atomic mass is 16.5. The Labute approximate surface area is 150 Å². The molecule has 0 saturated carbocycles. The van der Waals surface area contributed by atoms with E-state index >= 15 is 0 Å². The van der Waals surface area contributed by atoms with E-state index < -0.39 is 0 Å². The van der Waals surface area contributed by atoms with Gasteiger partial charge in [0.25, 0.3) is 5.91 Å². The summed E-state index contributed by atoms with van der Waals surface area (Å²) in [6, 6.07) is 0. The molecule has 1 aromatic rings. The van der Waals surface area contributed by atoms with Crippen LogP contribution in [-0.2, 0) is 16.0 Å². The zero-order valence-electron chi connectivity index (χ0n) is 16.0. The zero-order chi connectivity index (χ0) is 18.6. The maximum absolute atomic E-state index is 12.0. The van der Waals surface area contributed by atoms with Gasteiger partial charge in [0.15, 0.2) is 6.61 Å². The second-order valence-corrected chi connectivity index (χ2v) is 6.92. The number of nitrogens with one attached hydrogen (secondary N) is 1. The molecule has 1 atom stereocenters. The summed E-state index contributed by atoms with van der Waals surface area (Å²) in [7, 11) is 0. The minimum Gasteiger partial charge on any atom is -0.490 e. The number of rotatable bonds is 7. The molecule has 0 bridgehead atoms. The molecule has 1 heterocycles. The predicted molar refractivity (Wildman–Crippen MR) is 97.5 cm³/mol. The molecule has 1 unspecified atom stereocenters. The Hall–Kier alpha value is -2.04. The highest BCUT2D eigenvalue weighted by molar-refractivity contribution is 5.78. The van der Waals surface area contributed by atoms with Crippen molar-refractivity contribution in [1.82, 2.24) is 5.32 Å². The summed E-state index contributed by atoms with van der Waals surface area (Å²) < 4.78 is 11.9. The minimum atomic E-state index is -0.164. The lowest BCUT2D eigenvalue weighted by Crippen LogP contribution is -2.30. The largest absolute Gasteiger partial charge is 0.490 e. The number of Topliss-reactive ketones (excluding diaryl/α,β-unsaturated/α-hetero) is 1. The summed E-state index contributed by atoms with van der Waals surface area (Å²) in [4.78, 5) is 22.9. The van der Waals surface area contributed by atoms with Gasteiger partial charge >= 0.3 is 0 Å². The normalized spacial score (nSPS) is 16.0. The standard InChI is InChI=1S/C20H29NO4/c1-12(22)7-6-10-21-18(23)11-24-19-14(3)15(4)20-17(16(19)5)9-8-13(2)25-20/h13H,6-11H2,1-5H3,(H,21,23). The molecular formula is C20H29NO4. The van der Waals surface area contributed by atoms with E-state index in [9.17, 15) is 9.59 Å². The first-order valence-corrected chi connectivity index (χ1v) is 8.99. The van der Waals surface area contributed by atoms with Crippen LogP contribution < -0.4 is 14.8 Å². The van der Waals surface area contributed by atoms with Crippen LogP contribution in [0, 0.1) is 20.8 Å². The van der Waals surface area contributed by atoms with Gasteiger partial charge in [0.05, 0.1) is 6.10 Å². The van der Waals surface area contributed by atoms with Crippen LogP contribution >= 0.6 is 0 Å². The Morgan fingerprint density at radius 3 is 2.60 bits per heavy atom. The molecule has 2 rings (SSSR count). The molecule has 25 heavy (non-hydrogen) atoms. The average molecular weight is 347 g/mol. The third kappa shape index (κ3) is 4.74. The molecule has 5 nitrogen and oxygen atoms in total. The average Bonchev–Trinajstić information content (AvgIpc) is 2.56. The third-order valence-corrected chi connectivity index (χ3v) is 4.81. The van der Waals surface area contributed by atoms with Crippen LogP contribution in [0.1, 0.15) is 55.4 Å². The maximum atomic E-state index is 12.0. The smallest absolute Gasteiger partial charge is 0.257 e. The summed E-state index contributed by atoms with van der Waals surface area (Å²) in [5, 5.41) is 2.79. The molecule has 1 N–H and O–H groups in total. The van der Waals surface area contributed by atoms with Gasteiger partial charge in [-0.1, -0.05) is 0 Å². The van der Waals surface area contributed by atoms with Gasteiger partial charge in [0, 0.05) is 18.5 Å². The topological polar surface area (TPSA) is 64.6 Å². The second kappa shape index (κ2) is 8.37. The number of benzene rings is 1. The van der Waals surface area contributed by atoms with Crippen LogP contribution in [0.5, 0.6) is 11.5 Å². The van der Waals surface area contributed by atoms with E-state index in [1.165, 1.54) is 5.56 Å². The van der Waals surface area contributed by atoms with E-state index in [-0.39, 0.29) is 24.4 Å². The highest BCUT2D eigenvalue weighted by Gasteiger charge is 2.25. The predicted octanol–water partition coefficient (Wildman–Crippen LogP) is 3.19. The molecule has 1 aliphatic rings. The molecule has 1 aromatic carbocycles. The molecule has 0 aromatic heterocycles. The summed E-state index contributed by atoms with van der Waals surface area (Å²) in [5.41, 5.74) is 4.37. The molecular weight excluding hydrogens is 318 g/mol. The van der Waals surface area contributed by atoms with Gasteiger partial charge in [0.1, 0.15) is 17.3 Å². The zero-order valence-corrected chi connectivity index (χ0v) is 16.0. The number of carbonyl (C=O) groups is 2. The van der Waals surface area contributed by atoms with Crippen molar-refractivity contribution < 1.29 is 19.1 Å². The third-order valence-electron chi connectivity index (χ3n) is 4.81. The van der Waals surface area contributed by atoms with Gasteiger partial charge in [-0.05, 0) is 70.6 Å². The van der Waals surface area contributed by atoms with E-state index in [0.717, 1.165) is 41.0 Å². The van der Waals surface area contributed by atoms with E-state index in [1.807, 2.05) is 20.8 Å². The molecule has 0 saturated heterocycles. The van der Waals surface area contributed by atoms with Crippen LogP contribution in [0.25, 0.3) is 0 Å². The van der Waals surface area contributed by atoms with Gasteiger partial charge in [-0.15, -0.1) is 0 Å². The number of amides is 1. The summed E-state index contributed by atoms with van der Waals surface area (Å²) in [6.07, 6.45) is 3.34. The van der Waals surface area contributed by atoms with Gasteiger partial charge in [-0.2, -0.15) is 0 Å². The summed E-state index contributed by atoms with van der Waals surface area (Å²) in [5.74, 6) is 1.74. The number of hydrogen-bond acceptors (Lipinski definition) is 4. The Morgan fingerprint density at radius 2 is 1.92 bits per heavy atom. The molecule has 1 amide bonds. The van der Waals surface area contributed by atoms with E-state index in [0.29, 0.717) is 19.4 Å². The lowest BCUT2D eigenvalue weighted by atomic mass is 9.92. The quantitative estimate of drug-likeness (QED) is 0.770. The van der Waals surface area contributed by atoms with E-state index in [4.69, 9.17) is 9.47 Å². The lowest BCUT2D eigenvalue weighted by molar-refractivity contribution is -0.123.